The summed E-state index contributed by atoms with van der Waals surface area (Å²) in [5.41, 5.74) is 0. The SMILES string of the molecule is O=S(=O)(O)CC(Br)CBr. The summed E-state index contributed by atoms with van der Waals surface area (Å²) in [5.74, 6) is -0.252. The lowest BCUT2D eigenvalue weighted by atomic mass is 10.6. The van der Waals surface area contributed by atoms with Gasteiger partial charge in [-0.1, -0.05) is 31.9 Å². The predicted octanol–water partition coefficient (Wildman–Crippen LogP) is 1.03. The molecule has 1 unspecified atom stereocenters. The molecule has 9 heavy (non-hydrogen) atoms. The fourth-order valence-electron chi connectivity index (χ4n) is 0.273. The average Bonchev–Trinajstić information content (AvgIpc) is 1.62. The maximum absolute atomic E-state index is 10.1. The van der Waals surface area contributed by atoms with Crippen LogP contribution in [0.4, 0.5) is 0 Å². The van der Waals surface area contributed by atoms with E-state index in [1.165, 1.54) is 0 Å². The minimum Gasteiger partial charge on any atom is -0.286 e. The highest BCUT2D eigenvalue weighted by Gasteiger charge is 2.11. The van der Waals surface area contributed by atoms with Crippen molar-refractivity contribution in [3.8, 4) is 0 Å². The van der Waals surface area contributed by atoms with Gasteiger partial charge in [0, 0.05) is 10.2 Å². The topological polar surface area (TPSA) is 54.4 Å². The standard InChI is InChI=1S/C3H6Br2O3S/c4-1-3(5)2-9(6,7)8/h3H,1-2H2,(H,6,7,8). The van der Waals surface area contributed by atoms with Crippen molar-refractivity contribution in [3.05, 3.63) is 0 Å². The molecule has 56 valence electrons. The third-order valence-electron chi connectivity index (χ3n) is 0.559. The Balaban J connectivity index is 3.75. The largest absolute Gasteiger partial charge is 0.286 e. The van der Waals surface area contributed by atoms with Gasteiger partial charge in [0.25, 0.3) is 10.1 Å². The van der Waals surface area contributed by atoms with Crippen LogP contribution in [-0.4, -0.2) is 28.9 Å². The van der Waals surface area contributed by atoms with Crippen molar-refractivity contribution in [1.29, 1.82) is 0 Å². The summed E-state index contributed by atoms with van der Waals surface area (Å²) >= 11 is 6.07. The van der Waals surface area contributed by atoms with Crippen molar-refractivity contribution in [2.75, 3.05) is 11.1 Å². The molecule has 0 aromatic carbocycles. The Morgan fingerprint density at radius 1 is 1.56 bits per heavy atom. The van der Waals surface area contributed by atoms with E-state index in [0.717, 1.165) is 0 Å². The van der Waals surface area contributed by atoms with Gasteiger partial charge in [-0.25, -0.2) is 0 Å². The van der Waals surface area contributed by atoms with Crippen LogP contribution in [0.3, 0.4) is 0 Å². The second-order valence-electron chi connectivity index (χ2n) is 1.50. The van der Waals surface area contributed by atoms with Gasteiger partial charge in [-0.15, -0.1) is 0 Å². The van der Waals surface area contributed by atoms with Gasteiger partial charge in [0.2, 0.25) is 0 Å². The highest BCUT2D eigenvalue weighted by molar-refractivity contribution is 9.12. The Bertz CT molecular complexity index is 164. The molecule has 0 saturated carbocycles. The molecule has 0 aliphatic heterocycles. The van der Waals surface area contributed by atoms with E-state index >= 15 is 0 Å². The zero-order chi connectivity index (χ0) is 7.49. The molecule has 0 rings (SSSR count). The first kappa shape index (κ1) is 9.87. The lowest BCUT2D eigenvalue weighted by Gasteiger charge is -1.99. The van der Waals surface area contributed by atoms with Crippen LogP contribution in [0.2, 0.25) is 0 Å². The second kappa shape index (κ2) is 3.90. The predicted molar refractivity (Wildman–Crippen MR) is 42.9 cm³/mol. The first-order valence-electron chi connectivity index (χ1n) is 2.11. The van der Waals surface area contributed by atoms with Crippen molar-refractivity contribution in [1.82, 2.24) is 0 Å². The van der Waals surface area contributed by atoms with E-state index in [0.29, 0.717) is 5.33 Å². The molecule has 0 saturated heterocycles. The Morgan fingerprint density at radius 3 is 2.11 bits per heavy atom. The molecule has 3 nitrogen and oxygen atoms in total. The van der Waals surface area contributed by atoms with E-state index in [9.17, 15) is 8.42 Å². The number of hydrogen-bond donors (Lipinski definition) is 1. The summed E-state index contributed by atoms with van der Waals surface area (Å²) in [6.07, 6.45) is 0. The first-order chi connectivity index (χ1) is 3.95. The average molecular weight is 282 g/mol. The Hall–Kier alpha value is 0.870. The van der Waals surface area contributed by atoms with Gasteiger partial charge in [0.1, 0.15) is 0 Å². The van der Waals surface area contributed by atoms with Crippen LogP contribution in [0, 0.1) is 0 Å². The van der Waals surface area contributed by atoms with E-state index in [4.69, 9.17) is 4.55 Å². The first-order valence-corrected chi connectivity index (χ1v) is 5.75. The minimum atomic E-state index is -3.81. The Morgan fingerprint density at radius 2 is 2.00 bits per heavy atom. The molecule has 0 aromatic rings. The van der Waals surface area contributed by atoms with Crippen molar-refractivity contribution in [2.24, 2.45) is 0 Å². The van der Waals surface area contributed by atoms with Crippen LogP contribution in [0.1, 0.15) is 0 Å². The summed E-state index contributed by atoms with van der Waals surface area (Å²) in [4.78, 5) is -0.215. The molecule has 0 aliphatic rings. The summed E-state index contributed by atoms with van der Waals surface area (Å²) in [6, 6.07) is 0. The third kappa shape index (κ3) is 6.76. The van der Waals surface area contributed by atoms with Crippen LogP contribution < -0.4 is 0 Å². The molecule has 6 heteroatoms. The normalized spacial score (nSPS) is 15.4. The molecule has 0 amide bonds. The maximum Gasteiger partial charge on any atom is 0.265 e. The molecule has 0 fully saturated rings. The van der Waals surface area contributed by atoms with Gasteiger partial charge >= 0.3 is 0 Å². The fraction of sp³-hybridized carbons (Fsp3) is 1.00. The zero-order valence-electron chi connectivity index (χ0n) is 4.42. The minimum absolute atomic E-state index is 0.215. The lowest BCUT2D eigenvalue weighted by molar-refractivity contribution is 0.483. The summed E-state index contributed by atoms with van der Waals surface area (Å²) in [5, 5.41) is 0.507. The Kier molecular flexibility index (Phi) is 4.28. The fourth-order valence-corrected chi connectivity index (χ4v) is 2.38. The molecule has 0 aromatic heterocycles. The molecule has 0 heterocycles. The monoisotopic (exact) mass is 280 g/mol. The number of halogens is 2. The van der Waals surface area contributed by atoms with Crippen molar-refractivity contribution in [3.63, 3.8) is 0 Å². The van der Waals surface area contributed by atoms with Crippen LogP contribution in [0.15, 0.2) is 0 Å². The van der Waals surface area contributed by atoms with E-state index in [1.54, 1.807) is 0 Å². The van der Waals surface area contributed by atoms with Crippen molar-refractivity contribution >= 4 is 42.0 Å². The van der Waals surface area contributed by atoms with Gasteiger partial charge in [-0.2, -0.15) is 8.42 Å². The van der Waals surface area contributed by atoms with E-state index in [1.807, 2.05) is 0 Å². The molecular weight excluding hydrogens is 276 g/mol. The smallest absolute Gasteiger partial charge is 0.265 e. The third-order valence-corrected chi connectivity index (χ3v) is 4.11. The molecular formula is C3H6Br2O3S. The van der Waals surface area contributed by atoms with Gasteiger partial charge < -0.3 is 0 Å². The molecule has 0 aliphatic carbocycles. The number of rotatable bonds is 3. The van der Waals surface area contributed by atoms with Crippen LogP contribution in [0.5, 0.6) is 0 Å². The van der Waals surface area contributed by atoms with Gasteiger partial charge in [0.05, 0.1) is 5.75 Å². The lowest BCUT2D eigenvalue weighted by Crippen LogP contribution is -2.15. The van der Waals surface area contributed by atoms with Gasteiger partial charge in [0.15, 0.2) is 0 Å². The molecule has 0 radical (unpaired) electrons. The van der Waals surface area contributed by atoms with E-state index in [2.05, 4.69) is 31.9 Å². The zero-order valence-corrected chi connectivity index (χ0v) is 8.41. The summed E-state index contributed by atoms with van der Waals surface area (Å²) in [7, 11) is -3.81. The molecule has 0 bridgehead atoms. The highest BCUT2D eigenvalue weighted by Crippen LogP contribution is 2.05. The second-order valence-corrected chi connectivity index (χ2v) is 4.94. The van der Waals surface area contributed by atoms with Crippen LogP contribution in [0.25, 0.3) is 0 Å². The molecule has 1 atom stereocenters. The Labute approximate surface area is 70.8 Å². The van der Waals surface area contributed by atoms with Crippen molar-refractivity contribution < 1.29 is 13.0 Å². The van der Waals surface area contributed by atoms with E-state index in [-0.39, 0.29) is 10.6 Å². The number of hydrogen-bond acceptors (Lipinski definition) is 2. The van der Waals surface area contributed by atoms with E-state index < -0.39 is 10.1 Å². The maximum atomic E-state index is 10.1. The van der Waals surface area contributed by atoms with Gasteiger partial charge in [-0.05, 0) is 0 Å². The number of alkyl halides is 2. The molecule has 1 N–H and O–H groups in total. The van der Waals surface area contributed by atoms with Gasteiger partial charge in [-0.3, -0.25) is 4.55 Å². The quantitative estimate of drug-likeness (QED) is 0.621. The summed E-state index contributed by atoms with van der Waals surface area (Å²) < 4.78 is 28.5. The highest BCUT2D eigenvalue weighted by atomic mass is 79.9. The summed E-state index contributed by atoms with van der Waals surface area (Å²) in [6.45, 7) is 0. The van der Waals surface area contributed by atoms with Crippen LogP contribution >= 0.6 is 31.9 Å². The molecule has 0 spiro atoms. The van der Waals surface area contributed by atoms with Crippen molar-refractivity contribution in [2.45, 2.75) is 4.83 Å². The van der Waals surface area contributed by atoms with Crippen LogP contribution in [-0.2, 0) is 10.1 Å².